The summed E-state index contributed by atoms with van der Waals surface area (Å²) in [6.07, 6.45) is 4.72. The Balaban J connectivity index is 1.97. The highest BCUT2D eigenvalue weighted by atomic mass is 16.3. The average molecular weight is 306 g/mol. The maximum atomic E-state index is 12.2. The Morgan fingerprint density at radius 2 is 1.95 bits per heavy atom. The molecule has 22 heavy (non-hydrogen) atoms. The van der Waals surface area contributed by atoms with Gasteiger partial charge in [-0.25, -0.2) is 0 Å². The molecule has 0 aromatic carbocycles. The molecule has 0 heterocycles. The van der Waals surface area contributed by atoms with E-state index in [1.165, 1.54) is 0 Å². The van der Waals surface area contributed by atoms with Crippen LogP contribution in [0, 0.1) is 5.41 Å². The number of fused-ring (bicyclic) bond motifs is 1. The molecule has 4 heteroatoms. The van der Waals surface area contributed by atoms with Crippen LogP contribution in [0.25, 0.3) is 0 Å². The largest absolute Gasteiger partial charge is 0.393 e. The van der Waals surface area contributed by atoms with Gasteiger partial charge in [0.2, 0.25) is 0 Å². The standard InChI is InChI=1S/C18H26O4/c1-12(19)4-3-5-13(20)6-7-14-15-8-9-17(22)18(15,2)11-10-16(14)21/h13,20H,3-11H2,1-2H3/t13?,18-/m0/s1. The fraction of sp³-hybridized carbons (Fsp3) is 0.722. The van der Waals surface area contributed by atoms with E-state index in [0.29, 0.717) is 57.8 Å². The molecule has 2 aliphatic rings. The summed E-state index contributed by atoms with van der Waals surface area (Å²) in [5.74, 6) is 0.549. The summed E-state index contributed by atoms with van der Waals surface area (Å²) in [6, 6.07) is 0. The number of aliphatic hydroxyl groups is 1. The fourth-order valence-electron chi connectivity index (χ4n) is 3.75. The summed E-state index contributed by atoms with van der Waals surface area (Å²) >= 11 is 0. The lowest BCUT2D eigenvalue weighted by atomic mass is 9.71. The highest BCUT2D eigenvalue weighted by Gasteiger charge is 2.46. The molecule has 1 fully saturated rings. The topological polar surface area (TPSA) is 71.4 Å². The van der Waals surface area contributed by atoms with Crippen molar-refractivity contribution in [1.82, 2.24) is 0 Å². The second kappa shape index (κ2) is 6.86. The number of ketones is 3. The Hall–Kier alpha value is -1.29. The first kappa shape index (κ1) is 17.1. The first-order valence-electron chi connectivity index (χ1n) is 8.31. The molecule has 0 bridgehead atoms. The summed E-state index contributed by atoms with van der Waals surface area (Å²) in [6.45, 7) is 3.52. The van der Waals surface area contributed by atoms with Crippen molar-refractivity contribution in [3.05, 3.63) is 11.1 Å². The second-order valence-electron chi connectivity index (χ2n) is 6.92. The molecular weight excluding hydrogens is 280 g/mol. The Morgan fingerprint density at radius 1 is 1.23 bits per heavy atom. The van der Waals surface area contributed by atoms with Crippen LogP contribution in [0.5, 0.6) is 0 Å². The Bertz CT molecular complexity index is 517. The van der Waals surface area contributed by atoms with Gasteiger partial charge in [0.1, 0.15) is 11.6 Å². The number of carbonyl (C=O) groups excluding carboxylic acids is 3. The molecule has 4 nitrogen and oxygen atoms in total. The van der Waals surface area contributed by atoms with Crippen LogP contribution in [-0.4, -0.2) is 28.6 Å². The normalized spacial score (nSPS) is 26.3. The minimum atomic E-state index is -0.481. The van der Waals surface area contributed by atoms with Crippen LogP contribution in [0.3, 0.4) is 0 Å². The summed E-state index contributed by atoms with van der Waals surface area (Å²) < 4.78 is 0. The van der Waals surface area contributed by atoms with E-state index in [2.05, 4.69) is 0 Å². The van der Waals surface area contributed by atoms with Crippen LogP contribution in [0.1, 0.15) is 71.6 Å². The molecule has 0 amide bonds. The lowest BCUT2D eigenvalue weighted by molar-refractivity contribution is -0.125. The molecule has 0 aromatic rings. The molecule has 1 unspecified atom stereocenters. The van der Waals surface area contributed by atoms with E-state index in [9.17, 15) is 19.5 Å². The number of hydrogen-bond donors (Lipinski definition) is 1. The third kappa shape index (κ3) is 3.54. The molecule has 0 aromatic heterocycles. The van der Waals surface area contributed by atoms with Gasteiger partial charge in [-0.15, -0.1) is 0 Å². The SMILES string of the molecule is CC(=O)CCCC(O)CCC1=C2CCC(=O)[C@@]2(C)CCC1=O. The van der Waals surface area contributed by atoms with E-state index in [0.717, 1.165) is 11.1 Å². The van der Waals surface area contributed by atoms with E-state index < -0.39 is 11.5 Å². The van der Waals surface area contributed by atoms with Crippen molar-refractivity contribution in [2.24, 2.45) is 5.41 Å². The Kier molecular flexibility index (Phi) is 5.32. The second-order valence-corrected chi connectivity index (χ2v) is 6.92. The molecule has 2 rings (SSSR count). The van der Waals surface area contributed by atoms with E-state index in [4.69, 9.17) is 0 Å². The third-order valence-corrected chi connectivity index (χ3v) is 5.23. The van der Waals surface area contributed by atoms with Gasteiger partial charge >= 0.3 is 0 Å². The number of carbonyl (C=O) groups is 3. The average Bonchev–Trinajstić information content (AvgIpc) is 2.74. The maximum absolute atomic E-state index is 12.2. The predicted octanol–water partition coefficient (Wildman–Crippen LogP) is 2.92. The predicted molar refractivity (Wildman–Crippen MR) is 83.4 cm³/mol. The Morgan fingerprint density at radius 3 is 2.64 bits per heavy atom. The molecule has 1 saturated carbocycles. The number of hydrogen-bond acceptors (Lipinski definition) is 4. The van der Waals surface area contributed by atoms with Gasteiger partial charge in [-0.1, -0.05) is 0 Å². The van der Waals surface area contributed by atoms with Gasteiger partial charge in [-0.2, -0.15) is 0 Å². The van der Waals surface area contributed by atoms with Crippen LogP contribution < -0.4 is 0 Å². The Labute approximate surface area is 132 Å². The van der Waals surface area contributed by atoms with Gasteiger partial charge in [0, 0.05) is 24.7 Å². The number of aliphatic hydroxyl groups excluding tert-OH is 1. The van der Waals surface area contributed by atoms with Crippen molar-refractivity contribution >= 4 is 17.3 Å². The monoisotopic (exact) mass is 306 g/mol. The van der Waals surface area contributed by atoms with Crippen LogP contribution in [0.15, 0.2) is 11.1 Å². The zero-order valence-corrected chi connectivity index (χ0v) is 13.6. The minimum Gasteiger partial charge on any atom is -0.393 e. The third-order valence-electron chi connectivity index (χ3n) is 5.23. The molecule has 0 saturated heterocycles. The summed E-state index contributed by atoms with van der Waals surface area (Å²) in [5.41, 5.74) is 1.40. The molecule has 1 N–H and O–H groups in total. The van der Waals surface area contributed by atoms with Gasteiger partial charge in [0.15, 0.2) is 5.78 Å². The van der Waals surface area contributed by atoms with E-state index in [1.54, 1.807) is 6.92 Å². The highest BCUT2D eigenvalue weighted by molar-refractivity contribution is 6.02. The zero-order valence-electron chi connectivity index (χ0n) is 13.6. The number of Topliss-reactive ketones (excluding diaryl/α,β-unsaturated/α-hetero) is 3. The van der Waals surface area contributed by atoms with Crippen molar-refractivity contribution < 1.29 is 19.5 Å². The van der Waals surface area contributed by atoms with Gasteiger partial charge in [0.05, 0.1) is 6.10 Å². The lowest BCUT2D eigenvalue weighted by Gasteiger charge is -2.31. The molecule has 0 radical (unpaired) electrons. The van der Waals surface area contributed by atoms with Crippen LogP contribution in [0.2, 0.25) is 0 Å². The smallest absolute Gasteiger partial charge is 0.158 e. The summed E-state index contributed by atoms with van der Waals surface area (Å²) in [4.78, 5) is 35.2. The fourth-order valence-corrected chi connectivity index (χ4v) is 3.75. The van der Waals surface area contributed by atoms with Crippen LogP contribution in [0.4, 0.5) is 0 Å². The first-order chi connectivity index (χ1) is 10.3. The van der Waals surface area contributed by atoms with Gasteiger partial charge in [0.25, 0.3) is 0 Å². The first-order valence-corrected chi connectivity index (χ1v) is 8.31. The van der Waals surface area contributed by atoms with Crippen molar-refractivity contribution in [1.29, 1.82) is 0 Å². The quantitative estimate of drug-likeness (QED) is 0.785. The maximum Gasteiger partial charge on any atom is 0.158 e. The van der Waals surface area contributed by atoms with E-state index in [1.807, 2.05) is 6.92 Å². The molecule has 122 valence electrons. The van der Waals surface area contributed by atoms with Gasteiger partial charge in [-0.3, -0.25) is 9.59 Å². The summed E-state index contributed by atoms with van der Waals surface area (Å²) in [5, 5.41) is 10.0. The molecular formula is C18H26O4. The van der Waals surface area contributed by atoms with E-state index in [-0.39, 0.29) is 17.3 Å². The van der Waals surface area contributed by atoms with E-state index >= 15 is 0 Å². The summed E-state index contributed by atoms with van der Waals surface area (Å²) in [7, 11) is 0. The van der Waals surface area contributed by atoms with Crippen molar-refractivity contribution in [3.63, 3.8) is 0 Å². The minimum absolute atomic E-state index is 0.139. The number of rotatable bonds is 7. The zero-order chi connectivity index (χ0) is 16.3. The molecule has 0 spiro atoms. The van der Waals surface area contributed by atoms with Crippen molar-refractivity contribution in [2.75, 3.05) is 0 Å². The van der Waals surface area contributed by atoms with Crippen molar-refractivity contribution in [2.45, 2.75) is 77.7 Å². The van der Waals surface area contributed by atoms with Gasteiger partial charge in [-0.05, 0) is 63.5 Å². The molecule has 0 aliphatic heterocycles. The van der Waals surface area contributed by atoms with Crippen molar-refractivity contribution in [3.8, 4) is 0 Å². The van der Waals surface area contributed by atoms with Crippen LogP contribution >= 0.6 is 0 Å². The number of allylic oxidation sites excluding steroid dienone is 2. The van der Waals surface area contributed by atoms with Gasteiger partial charge < -0.3 is 9.90 Å². The van der Waals surface area contributed by atoms with Crippen LogP contribution in [-0.2, 0) is 14.4 Å². The molecule has 2 atom stereocenters. The lowest BCUT2D eigenvalue weighted by Crippen LogP contribution is -2.30. The highest BCUT2D eigenvalue weighted by Crippen LogP contribution is 2.49. The molecule has 2 aliphatic carbocycles.